The molecule has 0 atom stereocenters. The van der Waals surface area contributed by atoms with Crippen LogP contribution in [0.5, 0.6) is 11.5 Å². The van der Waals surface area contributed by atoms with Crippen molar-refractivity contribution in [3.8, 4) is 11.5 Å². The minimum Gasteiger partial charge on any atom is -0.496 e. The molecule has 2 aromatic rings. The molecule has 0 heterocycles. The van der Waals surface area contributed by atoms with Crippen molar-refractivity contribution in [3.05, 3.63) is 59.7 Å². The van der Waals surface area contributed by atoms with E-state index in [-0.39, 0.29) is 24.0 Å². The van der Waals surface area contributed by atoms with Gasteiger partial charge in [-0.25, -0.2) is 4.99 Å². The van der Waals surface area contributed by atoms with Crippen LogP contribution < -0.4 is 20.1 Å². The molecule has 0 fully saturated rings. The number of para-hydroxylation sites is 2. The highest BCUT2D eigenvalue weighted by molar-refractivity contribution is 14.0. The number of likely N-dealkylation sites (N-methyl/N-ethyl adjacent to an activating group) is 1. The van der Waals surface area contributed by atoms with Gasteiger partial charge < -0.3 is 25.0 Å². The van der Waals surface area contributed by atoms with Gasteiger partial charge in [0.15, 0.2) is 5.96 Å². The molecule has 0 aliphatic heterocycles. The third-order valence-electron chi connectivity index (χ3n) is 4.16. The smallest absolute Gasteiger partial charge is 0.191 e. The fraction of sp³-hybridized carbons (Fsp3) is 0.409. The van der Waals surface area contributed by atoms with E-state index >= 15 is 0 Å². The number of hydrogen-bond acceptors (Lipinski definition) is 4. The largest absolute Gasteiger partial charge is 0.496 e. The first kappa shape index (κ1) is 25.0. The van der Waals surface area contributed by atoms with Gasteiger partial charge in [0.2, 0.25) is 0 Å². The number of rotatable bonds is 10. The summed E-state index contributed by atoms with van der Waals surface area (Å²) in [6, 6.07) is 16.0. The maximum absolute atomic E-state index is 5.94. The van der Waals surface area contributed by atoms with Gasteiger partial charge in [-0.3, -0.25) is 0 Å². The predicted molar refractivity (Wildman–Crippen MR) is 131 cm³/mol. The third-order valence-corrected chi connectivity index (χ3v) is 4.16. The number of ether oxygens (including phenoxy) is 2. The van der Waals surface area contributed by atoms with Gasteiger partial charge in [-0.05, 0) is 33.2 Å². The highest BCUT2D eigenvalue weighted by Gasteiger charge is 2.06. The first-order valence-electron chi connectivity index (χ1n) is 9.63. The summed E-state index contributed by atoms with van der Waals surface area (Å²) in [4.78, 5) is 6.80. The van der Waals surface area contributed by atoms with Crippen molar-refractivity contribution in [3.63, 3.8) is 0 Å². The first-order chi connectivity index (χ1) is 13.6. The van der Waals surface area contributed by atoms with E-state index in [4.69, 9.17) is 9.47 Å². The Labute approximate surface area is 191 Å². The van der Waals surface area contributed by atoms with Crippen LogP contribution in [0.15, 0.2) is 53.5 Å². The zero-order valence-corrected chi connectivity index (χ0v) is 20.1. The monoisotopic (exact) mass is 512 g/mol. The Bertz CT molecular complexity index is 753. The topological polar surface area (TPSA) is 58.1 Å². The number of nitrogens with zero attached hydrogens (tertiary/aromatic N) is 2. The van der Waals surface area contributed by atoms with E-state index in [1.54, 1.807) is 7.11 Å². The molecule has 2 N–H and O–H groups in total. The van der Waals surface area contributed by atoms with Crippen LogP contribution in [0.4, 0.5) is 0 Å². The first-order valence-corrected chi connectivity index (χ1v) is 9.63. The summed E-state index contributed by atoms with van der Waals surface area (Å²) < 4.78 is 11.3. The molecule has 2 rings (SSSR count). The number of methoxy groups -OCH3 is 1. The van der Waals surface area contributed by atoms with E-state index in [0.717, 1.165) is 41.7 Å². The summed E-state index contributed by atoms with van der Waals surface area (Å²) in [6.45, 7) is 5.56. The lowest BCUT2D eigenvalue weighted by molar-refractivity contribution is 0.259. The van der Waals surface area contributed by atoms with E-state index in [0.29, 0.717) is 19.7 Å². The molecule has 0 spiro atoms. The van der Waals surface area contributed by atoms with E-state index < -0.39 is 0 Å². The highest BCUT2D eigenvalue weighted by atomic mass is 127. The molecular weight excluding hydrogens is 479 g/mol. The Kier molecular flexibility index (Phi) is 12.1. The lowest BCUT2D eigenvalue weighted by atomic mass is 10.2. The lowest BCUT2D eigenvalue weighted by Crippen LogP contribution is -2.36. The van der Waals surface area contributed by atoms with Crippen LogP contribution in [-0.4, -0.2) is 51.8 Å². The Morgan fingerprint density at radius 3 is 2.28 bits per heavy atom. The molecule has 0 radical (unpaired) electrons. The molecule has 160 valence electrons. The maximum Gasteiger partial charge on any atom is 0.191 e. The van der Waals surface area contributed by atoms with E-state index in [9.17, 15) is 0 Å². The van der Waals surface area contributed by atoms with Crippen molar-refractivity contribution in [1.82, 2.24) is 15.5 Å². The van der Waals surface area contributed by atoms with Crippen LogP contribution in [0.2, 0.25) is 0 Å². The molecule has 6 nitrogen and oxygen atoms in total. The van der Waals surface area contributed by atoms with Gasteiger partial charge in [-0.1, -0.05) is 36.4 Å². The number of benzene rings is 2. The molecule has 0 saturated heterocycles. The Morgan fingerprint density at radius 1 is 0.966 bits per heavy atom. The van der Waals surface area contributed by atoms with E-state index in [2.05, 4.69) is 33.5 Å². The summed E-state index contributed by atoms with van der Waals surface area (Å²) in [7, 11) is 5.76. The second kappa shape index (κ2) is 14.1. The molecule has 0 aliphatic carbocycles. The molecule has 7 heteroatoms. The van der Waals surface area contributed by atoms with Crippen LogP contribution in [0.3, 0.4) is 0 Å². The average molecular weight is 512 g/mol. The third kappa shape index (κ3) is 8.91. The molecule has 0 amide bonds. The van der Waals surface area contributed by atoms with Gasteiger partial charge >= 0.3 is 0 Å². The minimum absolute atomic E-state index is 0. The van der Waals surface area contributed by atoms with Gasteiger partial charge in [0, 0.05) is 30.8 Å². The van der Waals surface area contributed by atoms with Crippen LogP contribution >= 0.6 is 24.0 Å². The summed E-state index contributed by atoms with van der Waals surface area (Å²) in [5, 5.41) is 6.68. The summed E-state index contributed by atoms with van der Waals surface area (Å²) >= 11 is 0. The molecule has 0 aliphatic rings. The second-order valence-electron chi connectivity index (χ2n) is 6.62. The molecule has 0 aromatic heterocycles. The van der Waals surface area contributed by atoms with Gasteiger partial charge in [0.25, 0.3) is 0 Å². The van der Waals surface area contributed by atoms with Crippen molar-refractivity contribution in [2.24, 2.45) is 4.99 Å². The second-order valence-corrected chi connectivity index (χ2v) is 6.62. The fourth-order valence-corrected chi connectivity index (χ4v) is 2.65. The zero-order valence-electron chi connectivity index (χ0n) is 17.8. The van der Waals surface area contributed by atoms with Gasteiger partial charge in [0.1, 0.15) is 18.1 Å². The summed E-state index contributed by atoms with van der Waals surface area (Å²) in [5.41, 5.74) is 2.15. The molecular formula is C22H33IN4O2. The highest BCUT2D eigenvalue weighted by Crippen LogP contribution is 2.19. The fourth-order valence-electron chi connectivity index (χ4n) is 2.65. The number of halogens is 1. The van der Waals surface area contributed by atoms with Gasteiger partial charge in [-0.15, -0.1) is 24.0 Å². The lowest BCUT2D eigenvalue weighted by Gasteiger charge is -2.16. The van der Waals surface area contributed by atoms with Crippen molar-refractivity contribution in [2.75, 3.05) is 40.9 Å². The molecule has 0 unspecified atom stereocenters. The predicted octanol–water partition coefficient (Wildman–Crippen LogP) is 3.51. The van der Waals surface area contributed by atoms with Crippen molar-refractivity contribution in [1.29, 1.82) is 0 Å². The maximum atomic E-state index is 5.94. The summed E-state index contributed by atoms with van der Waals surface area (Å²) in [6.07, 6.45) is 0. The van der Waals surface area contributed by atoms with Crippen LogP contribution in [-0.2, 0) is 13.1 Å². The van der Waals surface area contributed by atoms with E-state index in [1.165, 1.54) is 0 Å². The molecule has 29 heavy (non-hydrogen) atoms. The molecule has 0 saturated carbocycles. The average Bonchev–Trinajstić information content (AvgIpc) is 2.71. The zero-order chi connectivity index (χ0) is 20.2. The Balaban J connectivity index is 0.00000420. The minimum atomic E-state index is 0. The van der Waals surface area contributed by atoms with Gasteiger partial charge in [0.05, 0.1) is 13.7 Å². The normalized spacial score (nSPS) is 11.0. The number of aliphatic imine (C=N–C) groups is 1. The SMILES string of the molecule is CCNC(=NCc1ccccc1OC)NCc1ccccc1OCCN(C)C.I. The summed E-state index contributed by atoms with van der Waals surface area (Å²) in [5.74, 6) is 2.51. The van der Waals surface area contributed by atoms with Crippen molar-refractivity contribution in [2.45, 2.75) is 20.0 Å². The van der Waals surface area contributed by atoms with Crippen LogP contribution in [0, 0.1) is 0 Å². The number of hydrogen-bond donors (Lipinski definition) is 2. The Hall–Kier alpha value is -2.00. The quantitative estimate of drug-likeness (QED) is 0.290. The van der Waals surface area contributed by atoms with Crippen LogP contribution in [0.25, 0.3) is 0 Å². The molecule has 2 aromatic carbocycles. The van der Waals surface area contributed by atoms with E-state index in [1.807, 2.05) is 56.6 Å². The van der Waals surface area contributed by atoms with Crippen LogP contribution in [0.1, 0.15) is 18.1 Å². The van der Waals surface area contributed by atoms with Crippen molar-refractivity contribution < 1.29 is 9.47 Å². The van der Waals surface area contributed by atoms with Crippen molar-refractivity contribution >= 4 is 29.9 Å². The Morgan fingerprint density at radius 2 is 1.62 bits per heavy atom. The standard InChI is InChI=1S/C22H32N4O2.HI/c1-5-23-22(24-16-18-10-6-8-12-20(18)27-4)25-17-19-11-7-9-13-21(19)28-15-14-26(2)3;/h6-13H,5,14-17H2,1-4H3,(H2,23,24,25);1H. The molecule has 0 bridgehead atoms. The number of guanidine groups is 1. The number of nitrogens with one attached hydrogen (secondary N) is 2. The van der Waals surface area contributed by atoms with Gasteiger partial charge in [-0.2, -0.15) is 0 Å².